The number of aryl methyl sites for hydroxylation is 1. The predicted octanol–water partition coefficient (Wildman–Crippen LogP) is 5.02. The monoisotopic (exact) mass is 453 g/mol. The van der Waals surface area contributed by atoms with Crippen molar-refractivity contribution in [3.8, 4) is 17.1 Å². The first-order valence-corrected chi connectivity index (χ1v) is 11.0. The number of thiazole rings is 1. The quantitative estimate of drug-likeness (QED) is 0.473. The molecule has 0 bridgehead atoms. The highest BCUT2D eigenvalue weighted by Crippen LogP contribution is 2.31. The molecule has 2 amide bonds. The second-order valence-electron chi connectivity index (χ2n) is 7.41. The van der Waals surface area contributed by atoms with Crippen molar-refractivity contribution in [1.29, 1.82) is 0 Å². The summed E-state index contributed by atoms with van der Waals surface area (Å²) in [5.41, 5.74) is 3.88. The van der Waals surface area contributed by atoms with Crippen LogP contribution in [0.25, 0.3) is 16.3 Å². The SMILES string of the molecule is COc1ccc(Cl)cc1NC(=O)N1CCc2c(sc3nc(-c4ccc(C)cc4)nn23)C1. The van der Waals surface area contributed by atoms with Crippen LogP contribution >= 0.6 is 22.9 Å². The molecule has 0 saturated heterocycles. The molecule has 1 N–H and O–H groups in total. The summed E-state index contributed by atoms with van der Waals surface area (Å²) in [6.07, 6.45) is 0.714. The molecule has 0 atom stereocenters. The van der Waals surface area contributed by atoms with Crippen LogP contribution in [0.5, 0.6) is 5.75 Å². The number of benzene rings is 2. The molecule has 1 aliphatic rings. The fourth-order valence-corrected chi connectivity index (χ4v) is 4.95. The van der Waals surface area contributed by atoms with Crippen LogP contribution < -0.4 is 10.1 Å². The van der Waals surface area contributed by atoms with Crippen molar-refractivity contribution < 1.29 is 9.53 Å². The van der Waals surface area contributed by atoms with Crippen molar-refractivity contribution in [3.63, 3.8) is 0 Å². The number of amides is 2. The number of hydrogen-bond donors (Lipinski definition) is 1. The Labute approximate surface area is 188 Å². The van der Waals surface area contributed by atoms with Gasteiger partial charge in [0.1, 0.15) is 5.75 Å². The Morgan fingerprint density at radius 1 is 1.23 bits per heavy atom. The standard InChI is InChI=1S/C22H20ClN5O2S/c1-13-3-5-14(6-4-13)20-25-22-28(26-20)17-9-10-27(12-19(17)31-22)21(29)24-16-11-15(23)7-8-18(16)30-2/h3-8,11H,9-10,12H2,1-2H3,(H,24,29). The summed E-state index contributed by atoms with van der Waals surface area (Å²) in [5, 5.41) is 8.17. The molecule has 7 nitrogen and oxygen atoms in total. The Kier molecular flexibility index (Phi) is 5.03. The summed E-state index contributed by atoms with van der Waals surface area (Å²) in [6.45, 7) is 3.16. The third-order valence-electron chi connectivity index (χ3n) is 5.32. The number of ether oxygens (including phenoxy) is 1. The zero-order chi connectivity index (χ0) is 21.5. The molecule has 0 aliphatic carbocycles. The minimum atomic E-state index is -0.189. The first-order chi connectivity index (χ1) is 15.0. The molecule has 2 aromatic heterocycles. The number of urea groups is 1. The lowest BCUT2D eigenvalue weighted by atomic mass is 10.1. The molecule has 1 aliphatic heterocycles. The van der Waals surface area contributed by atoms with Crippen LogP contribution in [0.2, 0.25) is 5.02 Å². The van der Waals surface area contributed by atoms with Crippen molar-refractivity contribution in [2.45, 2.75) is 19.9 Å². The second-order valence-corrected chi connectivity index (χ2v) is 8.91. The van der Waals surface area contributed by atoms with Crippen LogP contribution in [-0.2, 0) is 13.0 Å². The van der Waals surface area contributed by atoms with Crippen LogP contribution in [0.3, 0.4) is 0 Å². The van der Waals surface area contributed by atoms with Crippen molar-refractivity contribution in [1.82, 2.24) is 19.5 Å². The minimum absolute atomic E-state index is 0.189. The van der Waals surface area contributed by atoms with E-state index in [0.717, 1.165) is 26.9 Å². The molecule has 9 heteroatoms. The van der Waals surface area contributed by atoms with Gasteiger partial charge in [-0.3, -0.25) is 0 Å². The van der Waals surface area contributed by atoms with Crippen molar-refractivity contribution >= 4 is 39.6 Å². The van der Waals surface area contributed by atoms with Crippen LogP contribution in [-0.4, -0.2) is 39.2 Å². The largest absolute Gasteiger partial charge is 0.495 e. The predicted molar refractivity (Wildman–Crippen MR) is 122 cm³/mol. The maximum atomic E-state index is 12.9. The van der Waals surface area contributed by atoms with Gasteiger partial charge in [0, 0.05) is 28.4 Å². The number of carbonyl (C=O) groups is 1. The molecule has 31 heavy (non-hydrogen) atoms. The van der Waals surface area contributed by atoms with Crippen LogP contribution in [0.1, 0.15) is 16.1 Å². The van der Waals surface area contributed by atoms with E-state index in [1.807, 2.05) is 16.6 Å². The molecular weight excluding hydrogens is 434 g/mol. The van der Waals surface area contributed by atoms with Gasteiger partial charge in [-0.25, -0.2) is 9.31 Å². The first kappa shape index (κ1) is 19.8. The maximum Gasteiger partial charge on any atom is 0.322 e. The molecule has 4 aromatic rings. The summed E-state index contributed by atoms with van der Waals surface area (Å²) in [5.74, 6) is 1.29. The summed E-state index contributed by atoms with van der Waals surface area (Å²) < 4.78 is 7.24. The number of fused-ring (bicyclic) bond motifs is 3. The highest BCUT2D eigenvalue weighted by atomic mass is 35.5. The summed E-state index contributed by atoms with van der Waals surface area (Å²) in [6, 6.07) is 13.2. The van der Waals surface area contributed by atoms with Gasteiger partial charge < -0.3 is 15.0 Å². The van der Waals surface area contributed by atoms with E-state index < -0.39 is 0 Å². The van der Waals surface area contributed by atoms with Crippen LogP contribution in [0.4, 0.5) is 10.5 Å². The van der Waals surface area contributed by atoms with E-state index in [0.29, 0.717) is 36.0 Å². The lowest BCUT2D eigenvalue weighted by Crippen LogP contribution is -2.38. The number of halogens is 1. The van der Waals surface area contributed by atoms with Crippen molar-refractivity contribution in [2.24, 2.45) is 0 Å². The van der Waals surface area contributed by atoms with E-state index in [1.165, 1.54) is 5.56 Å². The van der Waals surface area contributed by atoms with E-state index in [1.54, 1.807) is 41.5 Å². The summed E-state index contributed by atoms with van der Waals surface area (Å²) in [7, 11) is 1.56. The molecule has 5 rings (SSSR count). The lowest BCUT2D eigenvalue weighted by molar-refractivity contribution is 0.206. The average molecular weight is 454 g/mol. The second kappa shape index (κ2) is 7.86. The molecule has 0 unspecified atom stereocenters. The van der Waals surface area contributed by atoms with E-state index in [2.05, 4.69) is 24.4 Å². The smallest absolute Gasteiger partial charge is 0.322 e. The Morgan fingerprint density at radius 3 is 2.81 bits per heavy atom. The Balaban J connectivity index is 1.36. The highest BCUT2D eigenvalue weighted by Gasteiger charge is 2.27. The van der Waals surface area contributed by atoms with Gasteiger partial charge in [-0.1, -0.05) is 52.8 Å². The number of anilines is 1. The molecule has 2 aromatic carbocycles. The van der Waals surface area contributed by atoms with Gasteiger partial charge in [0.25, 0.3) is 0 Å². The van der Waals surface area contributed by atoms with Gasteiger partial charge in [0.2, 0.25) is 4.96 Å². The number of nitrogens with one attached hydrogen (secondary N) is 1. The van der Waals surface area contributed by atoms with Gasteiger partial charge in [0.15, 0.2) is 5.82 Å². The Hall–Kier alpha value is -3.10. The van der Waals surface area contributed by atoms with Crippen molar-refractivity contribution in [3.05, 3.63) is 63.6 Å². The zero-order valence-corrected chi connectivity index (χ0v) is 18.6. The number of rotatable bonds is 3. The van der Waals surface area contributed by atoms with Crippen LogP contribution in [0.15, 0.2) is 42.5 Å². The maximum absolute atomic E-state index is 12.9. The average Bonchev–Trinajstić information content (AvgIpc) is 3.32. The summed E-state index contributed by atoms with van der Waals surface area (Å²) >= 11 is 7.65. The Morgan fingerprint density at radius 2 is 2.03 bits per heavy atom. The number of nitrogens with zero attached hydrogens (tertiary/aromatic N) is 4. The summed E-state index contributed by atoms with van der Waals surface area (Å²) in [4.78, 5) is 21.3. The van der Waals surface area contributed by atoms with Crippen molar-refractivity contribution in [2.75, 3.05) is 19.0 Å². The third kappa shape index (κ3) is 3.73. The van der Waals surface area contributed by atoms with Crippen LogP contribution in [0, 0.1) is 6.92 Å². The number of hydrogen-bond acceptors (Lipinski definition) is 5. The number of carbonyl (C=O) groups excluding carboxylic acids is 1. The molecule has 0 spiro atoms. The van der Waals surface area contributed by atoms with Gasteiger partial charge in [-0.15, -0.1) is 5.10 Å². The molecule has 158 valence electrons. The van der Waals surface area contributed by atoms with Gasteiger partial charge in [-0.2, -0.15) is 4.98 Å². The minimum Gasteiger partial charge on any atom is -0.495 e. The van der Waals surface area contributed by atoms with E-state index >= 15 is 0 Å². The van der Waals surface area contributed by atoms with Gasteiger partial charge >= 0.3 is 6.03 Å². The molecular formula is C22H20ClN5O2S. The highest BCUT2D eigenvalue weighted by molar-refractivity contribution is 7.17. The van der Waals surface area contributed by atoms with E-state index in [-0.39, 0.29) is 6.03 Å². The number of methoxy groups -OCH3 is 1. The molecule has 0 radical (unpaired) electrons. The fraction of sp³-hybridized carbons (Fsp3) is 0.227. The molecule has 0 saturated carbocycles. The number of aromatic nitrogens is 3. The van der Waals surface area contributed by atoms with Gasteiger partial charge in [-0.05, 0) is 25.1 Å². The molecule has 3 heterocycles. The topological polar surface area (TPSA) is 71.8 Å². The lowest BCUT2D eigenvalue weighted by Gasteiger charge is -2.27. The Bertz CT molecular complexity index is 1280. The first-order valence-electron chi connectivity index (χ1n) is 9.85. The van der Waals surface area contributed by atoms with Gasteiger partial charge in [0.05, 0.1) is 25.0 Å². The molecule has 0 fully saturated rings. The van der Waals surface area contributed by atoms with E-state index in [4.69, 9.17) is 26.4 Å². The fourth-order valence-electron chi connectivity index (χ4n) is 3.66. The van der Waals surface area contributed by atoms with E-state index in [9.17, 15) is 4.79 Å². The third-order valence-corrected chi connectivity index (χ3v) is 6.62. The zero-order valence-electron chi connectivity index (χ0n) is 17.1. The normalized spacial score (nSPS) is 13.3.